The molecule has 0 saturated carbocycles. The highest BCUT2D eigenvalue weighted by atomic mass is 19.1. The van der Waals surface area contributed by atoms with Crippen LogP contribution in [0.15, 0.2) is 48.7 Å². The van der Waals surface area contributed by atoms with E-state index in [4.69, 9.17) is 4.74 Å². The second-order valence-electron chi connectivity index (χ2n) is 6.93. The van der Waals surface area contributed by atoms with Crippen molar-refractivity contribution in [3.05, 3.63) is 71.7 Å². The third-order valence-electron chi connectivity index (χ3n) is 4.53. The molecule has 0 amide bonds. The number of rotatable bonds is 4. The van der Waals surface area contributed by atoms with E-state index in [2.05, 4.69) is 20.4 Å². The Morgan fingerprint density at radius 2 is 1.79 bits per heavy atom. The Bertz CT molecular complexity index is 1170. The van der Waals surface area contributed by atoms with E-state index in [9.17, 15) is 8.78 Å². The van der Waals surface area contributed by atoms with Crippen molar-refractivity contribution in [2.75, 3.05) is 0 Å². The number of tetrazole rings is 1. The van der Waals surface area contributed by atoms with E-state index in [0.29, 0.717) is 28.3 Å². The van der Waals surface area contributed by atoms with Gasteiger partial charge in [0, 0.05) is 10.9 Å². The van der Waals surface area contributed by atoms with E-state index < -0.39 is 17.0 Å². The Morgan fingerprint density at radius 1 is 1.04 bits per heavy atom. The van der Waals surface area contributed by atoms with Crippen LogP contribution in [0.3, 0.4) is 0 Å². The van der Waals surface area contributed by atoms with Crippen molar-refractivity contribution in [2.24, 2.45) is 7.05 Å². The fraction of sp³-hybridized carbons (Fsp3) is 0.200. The fourth-order valence-electron chi connectivity index (χ4n) is 3.13. The van der Waals surface area contributed by atoms with Gasteiger partial charge >= 0.3 is 0 Å². The number of ether oxygens (including phenoxy) is 1. The molecule has 2 aromatic heterocycles. The average molecular weight is 381 g/mol. The van der Waals surface area contributed by atoms with E-state index in [1.54, 1.807) is 51.2 Å². The molecule has 0 atom stereocenters. The molecule has 0 radical (unpaired) electrons. The first-order valence-corrected chi connectivity index (χ1v) is 8.62. The zero-order valence-corrected chi connectivity index (χ0v) is 15.5. The molecule has 0 N–H and O–H groups in total. The Balaban J connectivity index is 1.78. The minimum absolute atomic E-state index is 0.249. The molecule has 0 unspecified atom stereocenters. The minimum atomic E-state index is -0.897. The average Bonchev–Trinajstić information content (AvgIpc) is 3.09. The zero-order chi connectivity index (χ0) is 19.9. The standard InChI is InChI=1S/C20H17F2N5O/c1-20(2,19-24-26-27(3)25-19)17-14(21)7-5-9-16(17)28-13-10-12-6-4-8-15(22)18(12)23-11-13/h4-11H,1-3H3. The molecule has 0 aliphatic heterocycles. The smallest absolute Gasteiger partial charge is 0.184 e. The quantitative estimate of drug-likeness (QED) is 0.531. The highest BCUT2D eigenvalue weighted by Gasteiger charge is 2.34. The van der Waals surface area contributed by atoms with Gasteiger partial charge in [-0.2, -0.15) is 4.80 Å². The van der Waals surface area contributed by atoms with Gasteiger partial charge in [-0.25, -0.2) is 13.8 Å². The van der Waals surface area contributed by atoms with Crippen molar-refractivity contribution in [1.82, 2.24) is 25.2 Å². The monoisotopic (exact) mass is 381 g/mol. The van der Waals surface area contributed by atoms with Crippen LogP contribution in [0, 0.1) is 11.6 Å². The van der Waals surface area contributed by atoms with Gasteiger partial charge in [0.15, 0.2) is 5.82 Å². The Kier molecular flexibility index (Phi) is 4.26. The largest absolute Gasteiger partial charge is 0.455 e. The summed E-state index contributed by atoms with van der Waals surface area (Å²) in [5, 5.41) is 12.7. The first-order valence-electron chi connectivity index (χ1n) is 8.62. The first kappa shape index (κ1) is 18.0. The first-order chi connectivity index (χ1) is 13.4. The van der Waals surface area contributed by atoms with Gasteiger partial charge in [0.1, 0.15) is 28.7 Å². The molecule has 8 heteroatoms. The Hall–Kier alpha value is -3.42. The maximum absolute atomic E-state index is 14.8. The lowest BCUT2D eigenvalue weighted by Gasteiger charge is -2.24. The SMILES string of the molecule is Cn1nnc(C(C)(C)c2c(F)cccc2Oc2cnc3c(F)cccc3c2)n1. The molecule has 0 saturated heterocycles. The molecule has 0 bridgehead atoms. The maximum atomic E-state index is 14.8. The van der Waals surface area contributed by atoms with Crippen molar-refractivity contribution in [3.8, 4) is 11.5 Å². The van der Waals surface area contributed by atoms with Crippen molar-refractivity contribution < 1.29 is 13.5 Å². The number of hydrogen-bond donors (Lipinski definition) is 0. The molecular weight excluding hydrogens is 364 g/mol. The van der Waals surface area contributed by atoms with Crippen molar-refractivity contribution in [1.29, 1.82) is 0 Å². The Morgan fingerprint density at radius 3 is 2.54 bits per heavy atom. The summed E-state index contributed by atoms with van der Waals surface area (Å²) in [4.78, 5) is 5.44. The van der Waals surface area contributed by atoms with Gasteiger partial charge in [-0.3, -0.25) is 0 Å². The summed E-state index contributed by atoms with van der Waals surface area (Å²) in [7, 11) is 1.64. The van der Waals surface area contributed by atoms with Crippen LogP contribution in [0.2, 0.25) is 0 Å². The van der Waals surface area contributed by atoms with Crippen LogP contribution >= 0.6 is 0 Å². The zero-order valence-electron chi connectivity index (χ0n) is 15.5. The lowest BCUT2D eigenvalue weighted by atomic mass is 9.83. The van der Waals surface area contributed by atoms with Crippen LogP contribution in [-0.2, 0) is 12.5 Å². The molecule has 0 aliphatic rings. The van der Waals surface area contributed by atoms with Crippen molar-refractivity contribution in [3.63, 3.8) is 0 Å². The van der Waals surface area contributed by atoms with Gasteiger partial charge in [-0.1, -0.05) is 18.2 Å². The lowest BCUT2D eigenvalue weighted by molar-refractivity contribution is 0.438. The van der Waals surface area contributed by atoms with Crippen LogP contribution in [-0.4, -0.2) is 25.2 Å². The summed E-state index contributed by atoms with van der Waals surface area (Å²) in [6.45, 7) is 3.59. The summed E-state index contributed by atoms with van der Waals surface area (Å²) in [5.41, 5.74) is -0.355. The molecule has 0 aliphatic carbocycles. The van der Waals surface area contributed by atoms with Gasteiger partial charge in [0.25, 0.3) is 0 Å². The second kappa shape index (κ2) is 6.63. The van der Waals surface area contributed by atoms with E-state index in [-0.39, 0.29) is 5.52 Å². The lowest BCUT2D eigenvalue weighted by Crippen LogP contribution is -2.23. The topological polar surface area (TPSA) is 65.7 Å². The Labute approximate surface area is 159 Å². The number of halogens is 2. The van der Waals surface area contributed by atoms with Crippen LogP contribution in [0.4, 0.5) is 8.78 Å². The third kappa shape index (κ3) is 3.06. The predicted molar refractivity (Wildman–Crippen MR) is 99.1 cm³/mol. The van der Waals surface area contributed by atoms with Gasteiger partial charge in [0.2, 0.25) is 0 Å². The normalized spacial score (nSPS) is 11.8. The predicted octanol–water partition coefficient (Wildman–Crippen LogP) is 4.15. The molecular formula is C20H17F2N5O. The number of fused-ring (bicyclic) bond motifs is 1. The van der Waals surface area contributed by atoms with E-state index in [0.717, 1.165) is 0 Å². The molecule has 0 spiro atoms. The second-order valence-corrected chi connectivity index (χ2v) is 6.93. The molecule has 142 valence electrons. The number of para-hydroxylation sites is 1. The molecule has 2 heterocycles. The molecule has 4 aromatic rings. The van der Waals surface area contributed by atoms with Crippen LogP contribution in [0.5, 0.6) is 11.5 Å². The molecule has 28 heavy (non-hydrogen) atoms. The van der Waals surface area contributed by atoms with E-state index >= 15 is 0 Å². The van der Waals surface area contributed by atoms with E-state index in [1.165, 1.54) is 23.1 Å². The number of pyridine rings is 1. The van der Waals surface area contributed by atoms with Gasteiger partial charge in [-0.15, -0.1) is 10.2 Å². The minimum Gasteiger partial charge on any atom is -0.455 e. The summed E-state index contributed by atoms with van der Waals surface area (Å²) in [6.07, 6.45) is 1.41. The molecule has 2 aromatic carbocycles. The number of benzene rings is 2. The number of aromatic nitrogens is 5. The summed E-state index contributed by atoms with van der Waals surface area (Å²) in [5.74, 6) is 0.173. The number of hydrogen-bond acceptors (Lipinski definition) is 5. The molecule has 4 rings (SSSR count). The van der Waals surface area contributed by atoms with Gasteiger partial charge in [0.05, 0.1) is 18.7 Å². The summed E-state index contributed by atoms with van der Waals surface area (Å²) in [6, 6.07) is 10.9. The maximum Gasteiger partial charge on any atom is 0.184 e. The number of nitrogens with zero attached hydrogens (tertiary/aromatic N) is 5. The highest BCUT2D eigenvalue weighted by Crippen LogP contribution is 2.39. The van der Waals surface area contributed by atoms with Crippen molar-refractivity contribution >= 4 is 10.9 Å². The summed E-state index contributed by atoms with van der Waals surface area (Å²) < 4.78 is 34.6. The highest BCUT2D eigenvalue weighted by molar-refractivity contribution is 5.80. The van der Waals surface area contributed by atoms with Crippen LogP contribution in [0.25, 0.3) is 10.9 Å². The fourth-order valence-corrected chi connectivity index (χ4v) is 3.13. The van der Waals surface area contributed by atoms with Crippen molar-refractivity contribution in [2.45, 2.75) is 19.3 Å². The summed E-state index contributed by atoms with van der Waals surface area (Å²) >= 11 is 0. The van der Waals surface area contributed by atoms with E-state index in [1.807, 2.05) is 0 Å². The molecule has 0 fully saturated rings. The van der Waals surface area contributed by atoms with Crippen LogP contribution in [0.1, 0.15) is 25.2 Å². The van der Waals surface area contributed by atoms with Gasteiger partial charge < -0.3 is 4.74 Å². The van der Waals surface area contributed by atoms with Crippen LogP contribution < -0.4 is 4.74 Å². The number of aryl methyl sites for hydroxylation is 1. The van der Waals surface area contributed by atoms with Gasteiger partial charge in [-0.05, 0) is 43.3 Å². The third-order valence-corrected chi connectivity index (χ3v) is 4.53. The molecule has 6 nitrogen and oxygen atoms in total.